The largest absolute Gasteiger partial charge is 0.484 e. The van der Waals surface area contributed by atoms with Gasteiger partial charge < -0.3 is 10.1 Å². The second-order valence-electron chi connectivity index (χ2n) is 7.04. The van der Waals surface area contributed by atoms with Crippen LogP contribution in [0.4, 0.5) is 0 Å². The smallest absolute Gasteiger partial charge is 0.258 e. The van der Waals surface area contributed by atoms with Crippen molar-refractivity contribution < 1.29 is 9.53 Å². The first-order valence-corrected chi connectivity index (χ1v) is 9.96. The van der Waals surface area contributed by atoms with Gasteiger partial charge in [0.25, 0.3) is 5.91 Å². The van der Waals surface area contributed by atoms with Gasteiger partial charge in [-0.25, -0.2) is 0 Å². The molecule has 2 aromatic rings. The molecule has 144 valence electrons. The molecule has 0 saturated carbocycles. The van der Waals surface area contributed by atoms with Crippen LogP contribution in [0.3, 0.4) is 0 Å². The molecule has 0 unspecified atom stereocenters. The van der Waals surface area contributed by atoms with E-state index in [0.29, 0.717) is 12.3 Å². The molecule has 4 nitrogen and oxygen atoms in total. The number of halogens is 1. The van der Waals surface area contributed by atoms with E-state index in [1.54, 1.807) is 0 Å². The van der Waals surface area contributed by atoms with Crippen LogP contribution in [0.15, 0.2) is 48.5 Å². The van der Waals surface area contributed by atoms with Crippen LogP contribution >= 0.6 is 11.6 Å². The average molecular weight is 387 g/mol. The minimum Gasteiger partial charge on any atom is -0.484 e. The Morgan fingerprint density at radius 3 is 2.67 bits per heavy atom. The molecule has 0 aliphatic carbocycles. The lowest BCUT2D eigenvalue weighted by Crippen LogP contribution is -2.41. The van der Waals surface area contributed by atoms with Crippen LogP contribution in [0, 0.1) is 6.92 Å². The molecule has 1 aliphatic rings. The molecule has 27 heavy (non-hydrogen) atoms. The van der Waals surface area contributed by atoms with E-state index >= 15 is 0 Å². The quantitative estimate of drug-likeness (QED) is 0.768. The fourth-order valence-corrected chi connectivity index (χ4v) is 3.79. The number of benzene rings is 2. The molecule has 2 aromatic carbocycles. The molecule has 0 bridgehead atoms. The summed E-state index contributed by atoms with van der Waals surface area (Å²) in [5.41, 5.74) is 2.18. The van der Waals surface area contributed by atoms with Crippen LogP contribution in [-0.2, 0) is 4.79 Å². The maximum absolute atomic E-state index is 12.3. The molecule has 0 radical (unpaired) electrons. The van der Waals surface area contributed by atoms with Crippen molar-refractivity contribution in [3.8, 4) is 5.75 Å². The second-order valence-corrected chi connectivity index (χ2v) is 7.45. The Morgan fingerprint density at radius 1 is 1.15 bits per heavy atom. The van der Waals surface area contributed by atoms with E-state index in [4.69, 9.17) is 16.3 Å². The Kier molecular flexibility index (Phi) is 7.13. The van der Waals surface area contributed by atoms with Crippen molar-refractivity contribution in [2.45, 2.75) is 32.2 Å². The highest BCUT2D eigenvalue weighted by Gasteiger charge is 2.24. The highest BCUT2D eigenvalue weighted by atomic mass is 35.5. The SMILES string of the molecule is Cc1cccc(OCC(=O)NC[C@@H](c2ccccc2Cl)N2CCCCC2)c1. The number of ether oxygens (including phenoxy) is 1. The average Bonchev–Trinajstić information content (AvgIpc) is 2.69. The fourth-order valence-electron chi connectivity index (χ4n) is 3.53. The molecule has 0 spiro atoms. The first kappa shape index (κ1) is 19.7. The molecule has 3 rings (SSSR count). The number of nitrogens with one attached hydrogen (secondary N) is 1. The lowest BCUT2D eigenvalue weighted by molar-refractivity contribution is -0.123. The molecule has 1 N–H and O–H groups in total. The van der Waals surface area contributed by atoms with Gasteiger partial charge in [-0.2, -0.15) is 0 Å². The van der Waals surface area contributed by atoms with Crippen molar-refractivity contribution >= 4 is 17.5 Å². The summed E-state index contributed by atoms with van der Waals surface area (Å²) in [6.45, 7) is 4.61. The highest BCUT2D eigenvalue weighted by Crippen LogP contribution is 2.29. The number of aryl methyl sites for hydroxylation is 1. The predicted octanol–water partition coefficient (Wildman–Crippen LogP) is 4.37. The Bertz CT molecular complexity index is 759. The van der Waals surface area contributed by atoms with E-state index in [1.807, 2.05) is 49.4 Å². The monoisotopic (exact) mass is 386 g/mol. The van der Waals surface area contributed by atoms with Gasteiger partial charge in [0.05, 0.1) is 6.04 Å². The Balaban J connectivity index is 1.60. The zero-order chi connectivity index (χ0) is 19.1. The summed E-state index contributed by atoms with van der Waals surface area (Å²) in [6.07, 6.45) is 3.64. The van der Waals surface area contributed by atoms with Crippen LogP contribution in [0.5, 0.6) is 5.75 Å². The lowest BCUT2D eigenvalue weighted by Gasteiger charge is -2.35. The Hall–Kier alpha value is -2.04. The predicted molar refractivity (Wildman–Crippen MR) is 109 cm³/mol. The molecule has 1 amide bonds. The summed E-state index contributed by atoms with van der Waals surface area (Å²) in [7, 11) is 0. The van der Waals surface area contributed by atoms with Gasteiger partial charge in [-0.1, -0.05) is 48.4 Å². The molecule has 1 heterocycles. The van der Waals surface area contributed by atoms with Gasteiger partial charge in [-0.15, -0.1) is 0 Å². The van der Waals surface area contributed by atoms with Gasteiger partial charge in [0, 0.05) is 11.6 Å². The molecular weight excluding hydrogens is 360 g/mol. The first-order valence-electron chi connectivity index (χ1n) is 9.58. The Labute approximate surface area is 166 Å². The van der Waals surface area contributed by atoms with E-state index in [0.717, 1.165) is 29.2 Å². The lowest BCUT2D eigenvalue weighted by atomic mass is 10.0. The number of hydrogen-bond donors (Lipinski definition) is 1. The second kappa shape index (κ2) is 9.77. The molecule has 1 atom stereocenters. The van der Waals surface area contributed by atoms with Gasteiger partial charge in [-0.3, -0.25) is 9.69 Å². The number of piperidine rings is 1. The zero-order valence-electron chi connectivity index (χ0n) is 15.8. The van der Waals surface area contributed by atoms with E-state index in [2.05, 4.69) is 16.3 Å². The molecule has 1 aliphatic heterocycles. The summed E-state index contributed by atoms with van der Waals surface area (Å²) in [5.74, 6) is 0.592. The van der Waals surface area contributed by atoms with Crippen LogP contribution in [0.25, 0.3) is 0 Å². The molecular formula is C22H27ClN2O2. The highest BCUT2D eigenvalue weighted by molar-refractivity contribution is 6.31. The van der Waals surface area contributed by atoms with Crippen molar-refractivity contribution in [3.05, 3.63) is 64.7 Å². The van der Waals surface area contributed by atoms with E-state index in [1.165, 1.54) is 19.3 Å². The first-order chi connectivity index (χ1) is 13.1. The number of carbonyl (C=O) groups is 1. The number of nitrogens with zero attached hydrogens (tertiary/aromatic N) is 1. The summed E-state index contributed by atoms with van der Waals surface area (Å²) >= 11 is 6.45. The van der Waals surface area contributed by atoms with Gasteiger partial charge in [0.2, 0.25) is 0 Å². The van der Waals surface area contributed by atoms with Crippen molar-refractivity contribution in [2.75, 3.05) is 26.2 Å². The third-order valence-corrected chi connectivity index (χ3v) is 5.29. The van der Waals surface area contributed by atoms with Gasteiger partial charge in [-0.05, 0) is 62.2 Å². The standard InChI is InChI=1S/C22H27ClN2O2/c1-17-8-7-9-18(14-17)27-16-22(26)24-15-21(25-12-5-2-6-13-25)19-10-3-4-11-20(19)23/h3-4,7-11,14,21H,2,5-6,12-13,15-16H2,1H3,(H,24,26)/t21-/m0/s1. The normalized spacial score (nSPS) is 15.9. The third kappa shape index (κ3) is 5.72. The summed E-state index contributed by atoms with van der Waals surface area (Å²) in [5, 5.41) is 3.77. The van der Waals surface area contributed by atoms with Crippen molar-refractivity contribution in [3.63, 3.8) is 0 Å². The number of carbonyl (C=O) groups excluding carboxylic acids is 1. The van der Waals surface area contributed by atoms with Crippen LogP contribution in [-0.4, -0.2) is 37.0 Å². The van der Waals surface area contributed by atoms with Crippen molar-refractivity contribution in [1.29, 1.82) is 0 Å². The van der Waals surface area contributed by atoms with Gasteiger partial charge >= 0.3 is 0 Å². The van der Waals surface area contributed by atoms with Crippen LogP contribution in [0.1, 0.15) is 36.4 Å². The van der Waals surface area contributed by atoms with Crippen LogP contribution < -0.4 is 10.1 Å². The van der Waals surface area contributed by atoms with Gasteiger partial charge in [0.15, 0.2) is 6.61 Å². The third-order valence-electron chi connectivity index (χ3n) is 4.95. The van der Waals surface area contributed by atoms with E-state index in [-0.39, 0.29) is 18.6 Å². The zero-order valence-corrected chi connectivity index (χ0v) is 16.5. The van der Waals surface area contributed by atoms with Crippen LogP contribution in [0.2, 0.25) is 5.02 Å². The molecule has 5 heteroatoms. The number of amides is 1. The van der Waals surface area contributed by atoms with Crippen molar-refractivity contribution in [1.82, 2.24) is 10.2 Å². The maximum Gasteiger partial charge on any atom is 0.258 e. The fraction of sp³-hybridized carbons (Fsp3) is 0.409. The minimum absolute atomic E-state index is 0.0126. The summed E-state index contributed by atoms with van der Waals surface area (Å²) in [4.78, 5) is 14.7. The number of hydrogen-bond acceptors (Lipinski definition) is 3. The minimum atomic E-state index is -0.120. The maximum atomic E-state index is 12.3. The summed E-state index contributed by atoms with van der Waals surface area (Å²) in [6, 6.07) is 15.7. The Morgan fingerprint density at radius 2 is 1.93 bits per heavy atom. The van der Waals surface area contributed by atoms with E-state index in [9.17, 15) is 4.79 Å². The number of likely N-dealkylation sites (tertiary alicyclic amines) is 1. The van der Waals surface area contributed by atoms with Gasteiger partial charge in [0.1, 0.15) is 5.75 Å². The molecule has 1 saturated heterocycles. The molecule has 1 fully saturated rings. The number of rotatable bonds is 7. The van der Waals surface area contributed by atoms with E-state index < -0.39 is 0 Å². The topological polar surface area (TPSA) is 41.6 Å². The summed E-state index contributed by atoms with van der Waals surface area (Å²) < 4.78 is 5.60. The van der Waals surface area contributed by atoms with Crippen molar-refractivity contribution in [2.24, 2.45) is 0 Å². The molecule has 0 aromatic heterocycles.